The zero-order valence-corrected chi connectivity index (χ0v) is 9.85. The van der Waals surface area contributed by atoms with Crippen LogP contribution in [0.2, 0.25) is 0 Å². The van der Waals surface area contributed by atoms with Crippen LogP contribution in [0.15, 0.2) is 36.5 Å². The third-order valence-electron chi connectivity index (χ3n) is 2.61. The number of pyridine rings is 1. The molecular formula is C14H11FN2O. The van der Waals surface area contributed by atoms with Gasteiger partial charge in [0.2, 0.25) is 5.88 Å². The lowest BCUT2D eigenvalue weighted by atomic mass is 9.99. The number of nitriles is 1. The summed E-state index contributed by atoms with van der Waals surface area (Å²) < 4.78 is 19.0. The summed E-state index contributed by atoms with van der Waals surface area (Å²) in [5.74, 6) is -0.0316. The number of aromatic nitrogens is 1. The zero-order valence-electron chi connectivity index (χ0n) is 9.85. The number of methoxy groups -OCH3 is 1. The minimum Gasteiger partial charge on any atom is -0.481 e. The fourth-order valence-corrected chi connectivity index (χ4v) is 1.82. The van der Waals surface area contributed by atoms with Crippen LogP contribution in [-0.4, -0.2) is 12.1 Å². The zero-order chi connectivity index (χ0) is 13.0. The Morgan fingerprint density at radius 2 is 2.11 bits per heavy atom. The number of benzene rings is 1. The van der Waals surface area contributed by atoms with Gasteiger partial charge in [0.05, 0.1) is 25.2 Å². The molecule has 2 rings (SSSR count). The summed E-state index contributed by atoms with van der Waals surface area (Å²) in [4.78, 5) is 4.06. The summed E-state index contributed by atoms with van der Waals surface area (Å²) >= 11 is 0. The van der Waals surface area contributed by atoms with Crippen molar-refractivity contribution in [2.75, 3.05) is 7.11 Å². The highest BCUT2D eigenvalue weighted by molar-refractivity contribution is 5.73. The normalized spacial score (nSPS) is 9.83. The van der Waals surface area contributed by atoms with Crippen molar-refractivity contribution in [3.63, 3.8) is 0 Å². The maximum atomic E-state index is 13.8. The van der Waals surface area contributed by atoms with Gasteiger partial charge < -0.3 is 4.74 Å². The van der Waals surface area contributed by atoms with Crippen molar-refractivity contribution in [2.24, 2.45) is 0 Å². The van der Waals surface area contributed by atoms with E-state index >= 15 is 0 Å². The smallest absolute Gasteiger partial charge is 0.221 e. The largest absolute Gasteiger partial charge is 0.481 e. The van der Waals surface area contributed by atoms with Crippen molar-refractivity contribution in [1.29, 1.82) is 5.26 Å². The molecule has 0 N–H and O–H groups in total. The Bertz CT molecular complexity index is 605. The number of ether oxygens (including phenoxy) is 1. The highest BCUT2D eigenvalue weighted by atomic mass is 19.1. The summed E-state index contributed by atoms with van der Waals surface area (Å²) in [5.41, 5.74) is 1.64. The molecule has 4 heteroatoms. The highest BCUT2D eigenvalue weighted by Crippen LogP contribution is 2.33. The van der Waals surface area contributed by atoms with Crippen molar-refractivity contribution in [3.05, 3.63) is 47.9 Å². The highest BCUT2D eigenvalue weighted by Gasteiger charge is 2.15. The van der Waals surface area contributed by atoms with Crippen LogP contribution in [0.1, 0.15) is 5.56 Å². The molecule has 1 aromatic carbocycles. The Morgan fingerprint density at radius 1 is 1.33 bits per heavy atom. The summed E-state index contributed by atoms with van der Waals surface area (Å²) in [7, 11) is 1.48. The van der Waals surface area contributed by atoms with Crippen LogP contribution in [0, 0.1) is 17.1 Å². The molecular weight excluding hydrogens is 231 g/mol. The molecule has 0 atom stereocenters. The molecule has 0 bridgehead atoms. The van der Waals surface area contributed by atoms with Gasteiger partial charge in [0.1, 0.15) is 5.82 Å². The predicted octanol–water partition coefficient (Wildman–Crippen LogP) is 2.96. The first-order valence-corrected chi connectivity index (χ1v) is 5.41. The maximum Gasteiger partial charge on any atom is 0.221 e. The van der Waals surface area contributed by atoms with Crippen LogP contribution in [0.4, 0.5) is 4.39 Å². The Labute approximate surface area is 104 Å². The van der Waals surface area contributed by atoms with E-state index in [1.165, 1.54) is 13.2 Å². The molecule has 0 aliphatic heterocycles. The molecule has 0 amide bonds. The van der Waals surface area contributed by atoms with Crippen LogP contribution >= 0.6 is 0 Å². The van der Waals surface area contributed by atoms with E-state index in [1.807, 2.05) is 0 Å². The predicted molar refractivity (Wildman–Crippen MR) is 65.5 cm³/mol. The summed E-state index contributed by atoms with van der Waals surface area (Å²) in [5, 5.41) is 8.82. The SMILES string of the molecule is COc1nccc(CC#N)c1-c1ccccc1F. The molecule has 0 aliphatic rings. The minimum atomic E-state index is -0.358. The van der Waals surface area contributed by atoms with E-state index in [1.54, 1.807) is 30.5 Å². The van der Waals surface area contributed by atoms with Gasteiger partial charge in [0.25, 0.3) is 0 Å². The van der Waals surface area contributed by atoms with E-state index in [0.717, 1.165) is 0 Å². The molecule has 0 aliphatic carbocycles. The monoisotopic (exact) mass is 242 g/mol. The number of halogens is 1. The molecule has 0 saturated heterocycles. The van der Waals surface area contributed by atoms with Gasteiger partial charge in [-0.25, -0.2) is 9.37 Å². The molecule has 0 unspecified atom stereocenters. The number of rotatable bonds is 3. The molecule has 0 fully saturated rings. The average molecular weight is 242 g/mol. The molecule has 2 aromatic rings. The summed E-state index contributed by atoms with van der Waals surface area (Å²) in [6, 6.07) is 10.1. The lowest BCUT2D eigenvalue weighted by Crippen LogP contribution is -1.98. The third-order valence-corrected chi connectivity index (χ3v) is 2.61. The summed E-state index contributed by atoms with van der Waals surface area (Å²) in [6.45, 7) is 0. The van der Waals surface area contributed by atoms with E-state index in [2.05, 4.69) is 11.1 Å². The number of hydrogen-bond donors (Lipinski definition) is 0. The second-order valence-electron chi connectivity index (χ2n) is 3.67. The van der Waals surface area contributed by atoms with E-state index in [-0.39, 0.29) is 12.2 Å². The van der Waals surface area contributed by atoms with Gasteiger partial charge in [0, 0.05) is 11.8 Å². The van der Waals surface area contributed by atoms with E-state index in [9.17, 15) is 4.39 Å². The van der Waals surface area contributed by atoms with Crippen molar-refractivity contribution in [3.8, 4) is 23.1 Å². The fraction of sp³-hybridized carbons (Fsp3) is 0.143. The maximum absolute atomic E-state index is 13.8. The molecule has 90 valence electrons. The molecule has 0 spiro atoms. The van der Waals surface area contributed by atoms with Crippen LogP contribution in [0.25, 0.3) is 11.1 Å². The first-order chi connectivity index (χ1) is 8.77. The Balaban J connectivity index is 2.68. The Kier molecular flexibility index (Phi) is 3.54. The third kappa shape index (κ3) is 2.16. The van der Waals surface area contributed by atoms with Crippen molar-refractivity contribution in [2.45, 2.75) is 6.42 Å². The second kappa shape index (κ2) is 5.28. The van der Waals surface area contributed by atoms with Gasteiger partial charge in [0.15, 0.2) is 0 Å². The van der Waals surface area contributed by atoms with Crippen LogP contribution in [0.3, 0.4) is 0 Å². The molecule has 3 nitrogen and oxygen atoms in total. The average Bonchev–Trinajstić information content (AvgIpc) is 2.40. The van der Waals surface area contributed by atoms with Gasteiger partial charge in [-0.15, -0.1) is 0 Å². The molecule has 18 heavy (non-hydrogen) atoms. The number of nitrogens with zero attached hydrogens (tertiary/aromatic N) is 2. The second-order valence-corrected chi connectivity index (χ2v) is 3.67. The lowest BCUT2D eigenvalue weighted by Gasteiger charge is -2.11. The molecule has 0 saturated carbocycles. The topological polar surface area (TPSA) is 45.9 Å². The minimum absolute atomic E-state index is 0.183. The van der Waals surface area contributed by atoms with Crippen molar-refractivity contribution >= 4 is 0 Å². The Morgan fingerprint density at radius 3 is 2.78 bits per heavy atom. The molecule has 1 aromatic heterocycles. The van der Waals surface area contributed by atoms with Crippen LogP contribution in [-0.2, 0) is 6.42 Å². The quantitative estimate of drug-likeness (QED) is 0.831. The number of hydrogen-bond acceptors (Lipinski definition) is 3. The van der Waals surface area contributed by atoms with Gasteiger partial charge in [-0.2, -0.15) is 5.26 Å². The van der Waals surface area contributed by atoms with E-state index in [4.69, 9.17) is 10.00 Å². The van der Waals surface area contributed by atoms with E-state index < -0.39 is 0 Å². The van der Waals surface area contributed by atoms with Crippen molar-refractivity contribution in [1.82, 2.24) is 4.98 Å². The van der Waals surface area contributed by atoms with Crippen LogP contribution < -0.4 is 4.74 Å². The fourth-order valence-electron chi connectivity index (χ4n) is 1.82. The van der Waals surface area contributed by atoms with E-state index in [0.29, 0.717) is 22.6 Å². The van der Waals surface area contributed by atoms with Gasteiger partial charge in [-0.05, 0) is 17.7 Å². The first kappa shape index (κ1) is 12.1. The van der Waals surface area contributed by atoms with Gasteiger partial charge in [-0.3, -0.25) is 0 Å². The molecule has 1 heterocycles. The first-order valence-electron chi connectivity index (χ1n) is 5.41. The van der Waals surface area contributed by atoms with Gasteiger partial charge in [-0.1, -0.05) is 18.2 Å². The molecule has 0 radical (unpaired) electrons. The Hall–Kier alpha value is -2.41. The standard InChI is InChI=1S/C14H11FN2O/c1-18-14-13(10(6-8-16)7-9-17-14)11-4-2-3-5-12(11)15/h2-5,7,9H,6H2,1H3. The van der Waals surface area contributed by atoms with Gasteiger partial charge >= 0.3 is 0 Å². The summed E-state index contributed by atoms with van der Waals surface area (Å²) in [6.07, 6.45) is 1.73. The lowest BCUT2D eigenvalue weighted by molar-refractivity contribution is 0.399. The van der Waals surface area contributed by atoms with Crippen molar-refractivity contribution < 1.29 is 9.13 Å². The van der Waals surface area contributed by atoms with Crippen LogP contribution in [0.5, 0.6) is 5.88 Å².